The molecule has 0 saturated heterocycles. The average molecular weight is 347 g/mol. The quantitative estimate of drug-likeness (QED) is 0.458. The SMILES string of the molecule is O[B]c1cccc2oc3c(-c4cccc(-c5ccccc5)c4)cccc3c12. The number of rotatable bonds is 3. The lowest BCUT2D eigenvalue weighted by molar-refractivity contribution is 0.615. The number of furan rings is 1. The molecule has 0 fully saturated rings. The Kier molecular flexibility index (Phi) is 3.81. The lowest BCUT2D eigenvalue weighted by Gasteiger charge is -2.07. The summed E-state index contributed by atoms with van der Waals surface area (Å²) < 4.78 is 6.19. The highest BCUT2D eigenvalue weighted by Crippen LogP contribution is 2.36. The molecule has 0 aliphatic carbocycles. The molecule has 5 rings (SSSR count). The molecule has 27 heavy (non-hydrogen) atoms. The van der Waals surface area contributed by atoms with Crippen molar-refractivity contribution in [3.63, 3.8) is 0 Å². The van der Waals surface area contributed by atoms with E-state index in [2.05, 4.69) is 54.6 Å². The molecule has 0 bridgehead atoms. The fraction of sp³-hybridized carbons (Fsp3) is 0. The highest BCUT2D eigenvalue weighted by Gasteiger charge is 2.15. The third kappa shape index (κ3) is 2.64. The molecular formula is C24H16BO2. The van der Waals surface area contributed by atoms with E-state index in [0.29, 0.717) is 0 Å². The van der Waals surface area contributed by atoms with E-state index in [1.165, 1.54) is 11.1 Å². The normalized spacial score (nSPS) is 11.1. The first-order chi connectivity index (χ1) is 13.3. The summed E-state index contributed by atoms with van der Waals surface area (Å²) in [6.45, 7) is 0. The van der Waals surface area contributed by atoms with Crippen LogP contribution in [0.2, 0.25) is 0 Å². The lowest BCUT2D eigenvalue weighted by atomic mass is 9.84. The summed E-state index contributed by atoms with van der Waals surface area (Å²) in [6.07, 6.45) is 0. The highest BCUT2D eigenvalue weighted by atomic mass is 16.3. The zero-order valence-electron chi connectivity index (χ0n) is 14.6. The Morgan fingerprint density at radius 2 is 1.41 bits per heavy atom. The molecule has 127 valence electrons. The molecule has 0 spiro atoms. The minimum atomic E-state index is 0.765. The van der Waals surface area contributed by atoms with Crippen LogP contribution in [0.5, 0.6) is 0 Å². The number of fused-ring (bicyclic) bond motifs is 3. The van der Waals surface area contributed by atoms with E-state index in [1.807, 2.05) is 36.4 Å². The summed E-state index contributed by atoms with van der Waals surface area (Å²) in [5.74, 6) is 0. The molecule has 0 aliphatic rings. The summed E-state index contributed by atoms with van der Waals surface area (Å²) in [4.78, 5) is 0. The van der Waals surface area contributed by atoms with Gasteiger partial charge in [0.25, 0.3) is 0 Å². The molecule has 3 heteroatoms. The van der Waals surface area contributed by atoms with E-state index in [1.54, 1.807) is 0 Å². The highest BCUT2D eigenvalue weighted by molar-refractivity contribution is 6.51. The third-order valence-electron chi connectivity index (χ3n) is 4.97. The summed E-state index contributed by atoms with van der Waals surface area (Å²) in [6, 6.07) is 30.7. The van der Waals surface area contributed by atoms with E-state index >= 15 is 0 Å². The van der Waals surface area contributed by atoms with Gasteiger partial charge in [-0.1, -0.05) is 78.9 Å². The summed E-state index contributed by atoms with van der Waals surface area (Å²) in [7, 11) is 1.14. The first-order valence-electron chi connectivity index (χ1n) is 8.93. The molecule has 2 nitrogen and oxygen atoms in total. The smallest absolute Gasteiger partial charge is 0.327 e. The molecule has 1 radical (unpaired) electrons. The van der Waals surface area contributed by atoms with Crippen LogP contribution in [0.3, 0.4) is 0 Å². The zero-order valence-corrected chi connectivity index (χ0v) is 14.6. The van der Waals surface area contributed by atoms with E-state index in [4.69, 9.17) is 4.42 Å². The van der Waals surface area contributed by atoms with Crippen molar-refractivity contribution in [3.05, 3.63) is 91.0 Å². The fourth-order valence-corrected chi connectivity index (χ4v) is 3.71. The maximum Gasteiger partial charge on any atom is 0.327 e. The Bertz CT molecular complexity index is 1260. The third-order valence-corrected chi connectivity index (χ3v) is 4.97. The van der Waals surface area contributed by atoms with Gasteiger partial charge in [0, 0.05) is 16.3 Å². The monoisotopic (exact) mass is 347 g/mol. The van der Waals surface area contributed by atoms with Crippen LogP contribution in [0.25, 0.3) is 44.2 Å². The lowest BCUT2D eigenvalue weighted by Crippen LogP contribution is -2.13. The maximum absolute atomic E-state index is 9.60. The molecule has 0 atom stereocenters. The topological polar surface area (TPSA) is 33.4 Å². The Morgan fingerprint density at radius 1 is 0.667 bits per heavy atom. The van der Waals surface area contributed by atoms with Gasteiger partial charge in [-0.05, 0) is 34.3 Å². The predicted octanol–water partition coefficient (Wildman–Crippen LogP) is 5.16. The van der Waals surface area contributed by atoms with Gasteiger partial charge in [0.2, 0.25) is 0 Å². The summed E-state index contributed by atoms with van der Waals surface area (Å²) in [5, 5.41) is 11.5. The predicted molar refractivity (Wildman–Crippen MR) is 112 cm³/mol. The first kappa shape index (κ1) is 15.9. The van der Waals surface area contributed by atoms with E-state index < -0.39 is 0 Å². The van der Waals surface area contributed by atoms with Gasteiger partial charge in [-0.3, -0.25) is 0 Å². The van der Waals surface area contributed by atoms with Crippen LogP contribution in [0.4, 0.5) is 0 Å². The summed E-state index contributed by atoms with van der Waals surface area (Å²) >= 11 is 0. The first-order valence-corrected chi connectivity index (χ1v) is 8.93. The maximum atomic E-state index is 9.60. The van der Waals surface area contributed by atoms with Crippen LogP contribution >= 0.6 is 0 Å². The molecular weight excluding hydrogens is 331 g/mol. The second kappa shape index (κ2) is 6.46. The van der Waals surface area contributed by atoms with Gasteiger partial charge < -0.3 is 9.44 Å². The van der Waals surface area contributed by atoms with Crippen molar-refractivity contribution in [1.82, 2.24) is 0 Å². The molecule has 4 aromatic carbocycles. The van der Waals surface area contributed by atoms with Crippen molar-refractivity contribution < 1.29 is 9.44 Å². The van der Waals surface area contributed by atoms with Gasteiger partial charge in [0.15, 0.2) is 0 Å². The van der Waals surface area contributed by atoms with Crippen molar-refractivity contribution in [2.24, 2.45) is 0 Å². The fourth-order valence-electron chi connectivity index (χ4n) is 3.71. The minimum absolute atomic E-state index is 0.765. The second-order valence-corrected chi connectivity index (χ2v) is 6.58. The van der Waals surface area contributed by atoms with Gasteiger partial charge >= 0.3 is 7.48 Å². The van der Waals surface area contributed by atoms with Gasteiger partial charge in [0.05, 0.1) is 0 Å². The Hall–Kier alpha value is -3.30. The zero-order chi connectivity index (χ0) is 18.2. The number of hydrogen-bond donors (Lipinski definition) is 1. The van der Waals surface area contributed by atoms with Crippen LogP contribution in [0, 0.1) is 0 Å². The van der Waals surface area contributed by atoms with Crippen molar-refractivity contribution in [1.29, 1.82) is 0 Å². The Labute approximate surface area is 158 Å². The van der Waals surface area contributed by atoms with Gasteiger partial charge in [-0.25, -0.2) is 0 Å². The van der Waals surface area contributed by atoms with Crippen LogP contribution < -0.4 is 5.46 Å². The van der Waals surface area contributed by atoms with Crippen molar-refractivity contribution >= 4 is 34.9 Å². The van der Waals surface area contributed by atoms with Crippen molar-refractivity contribution in [2.75, 3.05) is 0 Å². The Morgan fingerprint density at radius 3 is 2.26 bits per heavy atom. The van der Waals surface area contributed by atoms with Gasteiger partial charge in [0.1, 0.15) is 11.2 Å². The van der Waals surface area contributed by atoms with Crippen molar-refractivity contribution in [2.45, 2.75) is 0 Å². The van der Waals surface area contributed by atoms with Gasteiger partial charge in [-0.2, -0.15) is 0 Å². The average Bonchev–Trinajstić information content (AvgIpc) is 3.13. The molecule has 1 N–H and O–H groups in total. The largest absolute Gasteiger partial charge is 0.455 e. The number of benzene rings is 4. The van der Waals surface area contributed by atoms with E-state index in [9.17, 15) is 5.02 Å². The van der Waals surface area contributed by atoms with Crippen LogP contribution in [0.1, 0.15) is 0 Å². The minimum Gasteiger partial charge on any atom is -0.455 e. The molecule has 0 amide bonds. The van der Waals surface area contributed by atoms with Gasteiger partial charge in [-0.15, -0.1) is 0 Å². The second-order valence-electron chi connectivity index (χ2n) is 6.58. The molecule has 0 aliphatic heterocycles. The molecule has 5 aromatic rings. The number of hydrogen-bond acceptors (Lipinski definition) is 2. The Balaban J connectivity index is 1.75. The molecule has 1 aromatic heterocycles. The van der Waals surface area contributed by atoms with E-state index in [0.717, 1.165) is 46.0 Å². The number of para-hydroxylation sites is 1. The van der Waals surface area contributed by atoms with Crippen molar-refractivity contribution in [3.8, 4) is 22.3 Å². The van der Waals surface area contributed by atoms with E-state index in [-0.39, 0.29) is 0 Å². The molecule has 1 heterocycles. The molecule has 0 saturated carbocycles. The van der Waals surface area contributed by atoms with Crippen LogP contribution in [0.15, 0.2) is 95.4 Å². The summed E-state index contributed by atoms with van der Waals surface area (Å²) in [5.41, 5.74) is 6.90. The van der Waals surface area contributed by atoms with Crippen LogP contribution in [-0.2, 0) is 0 Å². The van der Waals surface area contributed by atoms with Crippen LogP contribution in [-0.4, -0.2) is 12.5 Å². The molecule has 0 unspecified atom stereocenters. The standard InChI is InChI=1S/C24H16BO2/c26-25-21-13-6-14-22-23(21)20-12-5-11-19(24(20)27-22)18-10-4-9-17(15-18)16-7-2-1-3-8-16/h1-15,26H.